The van der Waals surface area contributed by atoms with Gasteiger partial charge in [-0.25, -0.2) is 0 Å². The van der Waals surface area contributed by atoms with Gasteiger partial charge in [-0.15, -0.1) is 0 Å². The SMILES string of the molecule is O=C(NCc1cc(Cl)cc(Cl)c1)c1ccccc1C(F)(F)C(F)(F)C(F)(F)C(F)(F)C(F)(F)C(F)(F)F. The molecule has 2 aromatic rings. The maximum absolute atomic E-state index is 14.6. The first-order valence-electron chi connectivity index (χ1n) is 9.31. The molecule has 0 aliphatic carbocycles. The van der Waals surface area contributed by atoms with Crippen LogP contribution in [0.3, 0.4) is 0 Å². The Labute approximate surface area is 208 Å². The van der Waals surface area contributed by atoms with Gasteiger partial charge in [0.05, 0.1) is 0 Å². The Morgan fingerprint density at radius 1 is 0.676 bits per heavy atom. The number of nitrogens with one attached hydrogen (secondary N) is 1. The van der Waals surface area contributed by atoms with Crippen molar-refractivity contribution in [3.63, 3.8) is 0 Å². The van der Waals surface area contributed by atoms with E-state index < -0.39 is 59.4 Å². The molecule has 0 saturated carbocycles. The lowest BCUT2D eigenvalue weighted by Crippen LogP contribution is -2.69. The van der Waals surface area contributed by atoms with E-state index in [1.54, 1.807) is 0 Å². The van der Waals surface area contributed by atoms with Gasteiger partial charge < -0.3 is 5.32 Å². The summed E-state index contributed by atoms with van der Waals surface area (Å²) >= 11 is 11.4. The highest BCUT2D eigenvalue weighted by Crippen LogP contribution is 2.62. The second kappa shape index (κ2) is 9.71. The van der Waals surface area contributed by atoms with Gasteiger partial charge in [0, 0.05) is 27.7 Å². The number of benzene rings is 2. The van der Waals surface area contributed by atoms with Crippen LogP contribution < -0.4 is 5.32 Å². The summed E-state index contributed by atoms with van der Waals surface area (Å²) in [7, 11) is 0. The third-order valence-corrected chi connectivity index (χ3v) is 5.26. The van der Waals surface area contributed by atoms with Crippen molar-refractivity contribution in [3.8, 4) is 0 Å². The molecule has 0 bridgehead atoms. The minimum atomic E-state index is -8.05. The van der Waals surface area contributed by atoms with Gasteiger partial charge in [0.15, 0.2) is 0 Å². The fourth-order valence-corrected chi connectivity index (χ4v) is 3.46. The summed E-state index contributed by atoms with van der Waals surface area (Å²) in [6.45, 7) is -0.568. The van der Waals surface area contributed by atoms with Gasteiger partial charge in [-0.2, -0.15) is 57.1 Å². The molecule has 1 amide bonds. The lowest BCUT2D eigenvalue weighted by Gasteiger charge is -2.40. The smallest absolute Gasteiger partial charge is 0.348 e. The van der Waals surface area contributed by atoms with Gasteiger partial charge in [-0.1, -0.05) is 41.4 Å². The molecular formula is C20H10Cl2F13NO. The van der Waals surface area contributed by atoms with Crippen LogP contribution in [0.25, 0.3) is 0 Å². The maximum Gasteiger partial charge on any atom is 0.460 e. The average Bonchev–Trinajstić information content (AvgIpc) is 2.75. The standard InChI is InChI=1S/C20H10Cl2F13NO/c21-10-5-9(6-11(22)7-10)8-36-14(37)12-3-1-2-4-13(12)15(23,24)16(25,26)17(27,28)18(29,30)19(31,32)20(33,34)35/h1-7H,8H2,(H,36,37). The van der Waals surface area contributed by atoms with Crippen LogP contribution in [0.2, 0.25) is 10.0 Å². The van der Waals surface area contributed by atoms with E-state index in [0.717, 1.165) is 6.07 Å². The Kier molecular flexibility index (Phi) is 8.09. The summed E-state index contributed by atoms with van der Waals surface area (Å²) in [5.41, 5.74) is -3.75. The van der Waals surface area contributed by atoms with Crippen molar-refractivity contribution in [1.82, 2.24) is 5.32 Å². The van der Waals surface area contributed by atoms with E-state index in [2.05, 4.69) is 0 Å². The molecule has 0 heterocycles. The molecule has 2 rings (SSSR count). The Hall–Kier alpha value is -2.42. The number of carbonyl (C=O) groups is 1. The zero-order valence-electron chi connectivity index (χ0n) is 17.3. The van der Waals surface area contributed by atoms with Gasteiger partial charge in [-0.05, 0) is 29.8 Å². The average molecular weight is 598 g/mol. The molecule has 0 unspecified atom stereocenters. The molecule has 206 valence electrons. The molecule has 0 saturated heterocycles. The predicted molar refractivity (Wildman–Crippen MR) is 104 cm³/mol. The Morgan fingerprint density at radius 3 is 1.62 bits per heavy atom. The van der Waals surface area contributed by atoms with Crippen LogP contribution in [0.1, 0.15) is 21.5 Å². The predicted octanol–water partition coefficient (Wildman–Crippen LogP) is 8.12. The third kappa shape index (κ3) is 5.16. The molecule has 0 aliphatic heterocycles. The van der Waals surface area contributed by atoms with Gasteiger partial charge in [0.1, 0.15) is 0 Å². The molecule has 2 aromatic carbocycles. The van der Waals surface area contributed by atoms with Crippen molar-refractivity contribution in [3.05, 3.63) is 69.2 Å². The summed E-state index contributed by atoms with van der Waals surface area (Å²) in [6.07, 6.45) is -7.52. The number of halogens is 15. The molecule has 37 heavy (non-hydrogen) atoms. The minimum Gasteiger partial charge on any atom is -0.348 e. The normalized spacial score (nSPS) is 14.0. The van der Waals surface area contributed by atoms with Crippen LogP contribution in [-0.4, -0.2) is 35.8 Å². The van der Waals surface area contributed by atoms with Gasteiger partial charge in [-0.3, -0.25) is 4.79 Å². The zero-order valence-corrected chi connectivity index (χ0v) is 18.8. The first-order valence-corrected chi connectivity index (χ1v) is 10.1. The molecule has 0 radical (unpaired) electrons. The fourth-order valence-electron chi connectivity index (χ4n) is 2.88. The van der Waals surface area contributed by atoms with Gasteiger partial charge >= 0.3 is 35.8 Å². The molecule has 0 aromatic heterocycles. The summed E-state index contributed by atoms with van der Waals surface area (Å²) in [5, 5.41) is 2.00. The zero-order chi connectivity index (χ0) is 28.8. The second-order valence-corrected chi connectivity index (χ2v) is 8.25. The molecule has 0 spiro atoms. The van der Waals surface area contributed by atoms with E-state index in [0.29, 0.717) is 12.1 Å². The van der Waals surface area contributed by atoms with E-state index in [1.807, 2.05) is 5.32 Å². The highest BCUT2D eigenvalue weighted by atomic mass is 35.5. The number of carbonyl (C=O) groups excluding carboxylic acids is 1. The largest absolute Gasteiger partial charge is 0.460 e. The monoisotopic (exact) mass is 597 g/mol. The van der Waals surface area contributed by atoms with E-state index >= 15 is 0 Å². The van der Waals surface area contributed by atoms with Crippen molar-refractivity contribution in [2.24, 2.45) is 0 Å². The molecule has 0 fully saturated rings. The maximum atomic E-state index is 14.6. The van der Waals surface area contributed by atoms with E-state index in [9.17, 15) is 61.9 Å². The first-order chi connectivity index (χ1) is 16.5. The van der Waals surface area contributed by atoms with Gasteiger partial charge in [0.2, 0.25) is 0 Å². The topological polar surface area (TPSA) is 29.1 Å². The number of rotatable bonds is 8. The van der Waals surface area contributed by atoms with Gasteiger partial charge in [0.25, 0.3) is 5.91 Å². The molecule has 1 N–H and O–H groups in total. The summed E-state index contributed by atoms with van der Waals surface area (Å²) < 4.78 is 175. The van der Waals surface area contributed by atoms with Crippen LogP contribution in [-0.2, 0) is 12.5 Å². The molecular weight excluding hydrogens is 588 g/mol. The fraction of sp³-hybridized carbons (Fsp3) is 0.350. The Morgan fingerprint density at radius 2 is 1.14 bits per heavy atom. The molecule has 0 atom stereocenters. The Balaban J connectivity index is 2.51. The number of alkyl halides is 13. The number of hydrogen-bond donors (Lipinski definition) is 1. The van der Waals surface area contributed by atoms with Crippen LogP contribution in [0.5, 0.6) is 0 Å². The molecule has 2 nitrogen and oxygen atoms in total. The summed E-state index contributed by atoms with van der Waals surface area (Å²) in [4.78, 5) is 12.4. The lowest BCUT2D eigenvalue weighted by molar-refractivity contribution is -0.441. The van der Waals surface area contributed by atoms with Crippen LogP contribution in [0.4, 0.5) is 57.1 Å². The van der Waals surface area contributed by atoms with Crippen molar-refractivity contribution < 1.29 is 61.9 Å². The number of hydrogen-bond acceptors (Lipinski definition) is 1. The van der Waals surface area contributed by atoms with Crippen LogP contribution in [0.15, 0.2) is 42.5 Å². The van der Waals surface area contributed by atoms with Crippen LogP contribution in [0, 0.1) is 0 Å². The van der Waals surface area contributed by atoms with E-state index in [1.165, 1.54) is 18.2 Å². The summed E-state index contributed by atoms with van der Waals surface area (Å²) in [6, 6.07) is 5.17. The minimum absolute atomic E-state index is 0.0437. The van der Waals surface area contributed by atoms with Crippen molar-refractivity contribution >= 4 is 29.1 Å². The quantitative estimate of drug-likeness (QED) is 0.306. The highest BCUT2D eigenvalue weighted by Gasteiger charge is 2.91. The lowest BCUT2D eigenvalue weighted by atomic mass is 9.88. The van der Waals surface area contributed by atoms with E-state index in [4.69, 9.17) is 23.2 Å². The van der Waals surface area contributed by atoms with Crippen molar-refractivity contribution in [1.29, 1.82) is 0 Å². The number of amides is 1. The third-order valence-electron chi connectivity index (χ3n) is 4.82. The molecule has 17 heteroatoms. The van der Waals surface area contributed by atoms with Crippen LogP contribution >= 0.6 is 23.2 Å². The second-order valence-electron chi connectivity index (χ2n) is 7.38. The highest BCUT2D eigenvalue weighted by molar-refractivity contribution is 6.34. The van der Waals surface area contributed by atoms with Crippen molar-refractivity contribution in [2.45, 2.75) is 42.3 Å². The summed E-state index contributed by atoms with van der Waals surface area (Å²) in [5.74, 6) is -39.7. The van der Waals surface area contributed by atoms with Crippen molar-refractivity contribution in [2.75, 3.05) is 0 Å². The van der Waals surface area contributed by atoms with E-state index in [-0.39, 0.29) is 21.7 Å². The Bertz CT molecular complexity index is 1140. The first kappa shape index (κ1) is 30.8. The molecule has 0 aliphatic rings.